The smallest absolute Gasteiger partial charge is 0.237 e. The molecule has 1 aromatic rings. The molecule has 2 aliphatic heterocycles. The Morgan fingerprint density at radius 1 is 1.20 bits per heavy atom. The SMILES string of the molecule is CCCC1CC(CN(C)C(=O)CC2C(=O)NCCN2CCCc2ccccc2)NN1. The highest BCUT2D eigenvalue weighted by Gasteiger charge is 2.33. The van der Waals surface area contributed by atoms with Crippen molar-refractivity contribution >= 4 is 11.8 Å². The van der Waals surface area contributed by atoms with E-state index in [1.165, 1.54) is 5.56 Å². The number of hydrogen-bond acceptors (Lipinski definition) is 5. The van der Waals surface area contributed by atoms with Crippen LogP contribution in [0.2, 0.25) is 0 Å². The zero-order valence-electron chi connectivity index (χ0n) is 18.4. The lowest BCUT2D eigenvalue weighted by molar-refractivity contribution is -0.138. The van der Waals surface area contributed by atoms with Crippen LogP contribution in [0.3, 0.4) is 0 Å². The zero-order chi connectivity index (χ0) is 21.3. The van der Waals surface area contributed by atoms with E-state index < -0.39 is 0 Å². The molecule has 2 heterocycles. The van der Waals surface area contributed by atoms with Crippen LogP contribution >= 0.6 is 0 Å². The monoisotopic (exact) mass is 415 g/mol. The number of piperazine rings is 1. The van der Waals surface area contributed by atoms with E-state index in [1.54, 1.807) is 4.90 Å². The Bertz CT molecular complexity index is 683. The van der Waals surface area contributed by atoms with E-state index in [9.17, 15) is 9.59 Å². The molecule has 2 amide bonds. The second-order valence-electron chi connectivity index (χ2n) is 8.62. The van der Waals surface area contributed by atoms with Crippen LogP contribution < -0.4 is 16.2 Å². The van der Waals surface area contributed by atoms with Crippen molar-refractivity contribution in [1.82, 2.24) is 26.0 Å². The summed E-state index contributed by atoms with van der Waals surface area (Å²) in [5.74, 6) is 0.0113. The number of nitrogens with zero attached hydrogens (tertiary/aromatic N) is 2. The number of aryl methyl sites for hydroxylation is 1. The van der Waals surface area contributed by atoms with Crippen LogP contribution in [0.4, 0.5) is 0 Å². The van der Waals surface area contributed by atoms with Gasteiger partial charge in [0.2, 0.25) is 11.8 Å². The molecular weight excluding hydrogens is 378 g/mol. The van der Waals surface area contributed by atoms with Crippen molar-refractivity contribution in [2.45, 2.75) is 63.6 Å². The number of amides is 2. The van der Waals surface area contributed by atoms with Gasteiger partial charge in [0.15, 0.2) is 0 Å². The average molecular weight is 416 g/mol. The van der Waals surface area contributed by atoms with Crippen molar-refractivity contribution < 1.29 is 9.59 Å². The molecule has 0 spiro atoms. The molecule has 0 aliphatic carbocycles. The maximum atomic E-state index is 12.9. The first-order valence-electron chi connectivity index (χ1n) is 11.4. The summed E-state index contributed by atoms with van der Waals surface area (Å²) in [5.41, 5.74) is 7.94. The minimum absolute atomic E-state index is 0.0219. The highest BCUT2D eigenvalue weighted by Crippen LogP contribution is 2.15. The molecule has 3 atom stereocenters. The summed E-state index contributed by atoms with van der Waals surface area (Å²) in [6.07, 6.45) is 5.53. The third kappa shape index (κ3) is 6.52. The Hall–Kier alpha value is -1.96. The van der Waals surface area contributed by atoms with Crippen LogP contribution in [-0.4, -0.2) is 73.0 Å². The van der Waals surface area contributed by atoms with Gasteiger partial charge in [0.1, 0.15) is 0 Å². The second-order valence-corrected chi connectivity index (χ2v) is 8.62. The first-order valence-corrected chi connectivity index (χ1v) is 11.4. The van der Waals surface area contributed by atoms with Crippen LogP contribution in [0.15, 0.2) is 30.3 Å². The normalized spacial score (nSPS) is 24.6. The summed E-state index contributed by atoms with van der Waals surface area (Å²) < 4.78 is 0. The maximum Gasteiger partial charge on any atom is 0.237 e. The molecule has 2 fully saturated rings. The number of hydrazine groups is 1. The van der Waals surface area contributed by atoms with Gasteiger partial charge in [-0.1, -0.05) is 43.7 Å². The highest BCUT2D eigenvalue weighted by molar-refractivity contribution is 5.88. The molecule has 0 radical (unpaired) electrons. The lowest BCUT2D eigenvalue weighted by atomic mass is 10.0. The number of likely N-dealkylation sites (N-methyl/N-ethyl adjacent to an activating group) is 1. The van der Waals surface area contributed by atoms with Crippen LogP contribution in [0.1, 0.15) is 44.6 Å². The molecule has 3 unspecified atom stereocenters. The van der Waals surface area contributed by atoms with Crippen LogP contribution in [0.25, 0.3) is 0 Å². The Kier molecular flexibility index (Phi) is 8.66. The molecule has 0 bridgehead atoms. The van der Waals surface area contributed by atoms with Crippen molar-refractivity contribution in [3.8, 4) is 0 Å². The van der Waals surface area contributed by atoms with E-state index in [-0.39, 0.29) is 30.3 Å². The molecule has 3 N–H and O–H groups in total. The summed E-state index contributed by atoms with van der Waals surface area (Å²) in [7, 11) is 1.84. The lowest BCUT2D eigenvalue weighted by Crippen LogP contribution is -2.57. The van der Waals surface area contributed by atoms with E-state index in [1.807, 2.05) is 13.1 Å². The molecular formula is C23H37N5O2. The Balaban J connectivity index is 1.47. The van der Waals surface area contributed by atoms with Crippen molar-refractivity contribution in [2.75, 3.05) is 33.2 Å². The van der Waals surface area contributed by atoms with Gasteiger partial charge >= 0.3 is 0 Å². The molecule has 7 nitrogen and oxygen atoms in total. The van der Waals surface area contributed by atoms with Gasteiger partial charge < -0.3 is 10.2 Å². The number of hydrogen-bond donors (Lipinski definition) is 3. The number of nitrogens with one attached hydrogen (secondary N) is 3. The van der Waals surface area contributed by atoms with E-state index in [4.69, 9.17) is 0 Å². The molecule has 166 valence electrons. The summed E-state index contributed by atoms with van der Waals surface area (Å²) in [5, 5.41) is 2.93. The van der Waals surface area contributed by atoms with Gasteiger partial charge in [-0.05, 0) is 37.8 Å². The molecule has 0 saturated carbocycles. The van der Waals surface area contributed by atoms with Gasteiger partial charge in [-0.15, -0.1) is 0 Å². The fraction of sp³-hybridized carbons (Fsp3) is 0.652. The van der Waals surface area contributed by atoms with E-state index >= 15 is 0 Å². The Morgan fingerprint density at radius 3 is 2.73 bits per heavy atom. The standard InChI is InChI=1S/C23H37N5O2/c1-3-8-19-15-20(26-25-19)17-27(2)22(29)16-21-23(30)24-12-14-28(21)13-7-11-18-9-5-4-6-10-18/h4-6,9-10,19-21,25-26H,3,7-8,11-17H2,1-2H3,(H,24,30). The third-order valence-electron chi connectivity index (χ3n) is 6.18. The van der Waals surface area contributed by atoms with Gasteiger partial charge in [0, 0.05) is 38.8 Å². The van der Waals surface area contributed by atoms with Crippen molar-refractivity contribution in [2.24, 2.45) is 0 Å². The Morgan fingerprint density at radius 2 is 1.97 bits per heavy atom. The molecule has 2 aliphatic rings. The van der Waals surface area contributed by atoms with E-state index in [2.05, 4.69) is 52.3 Å². The van der Waals surface area contributed by atoms with Crippen LogP contribution in [0.5, 0.6) is 0 Å². The van der Waals surface area contributed by atoms with Crippen LogP contribution in [-0.2, 0) is 16.0 Å². The molecule has 0 aromatic heterocycles. The van der Waals surface area contributed by atoms with Gasteiger partial charge in [-0.25, -0.2) is 0 Å². The first-order chi connectivity index (χ1) is 14.6. The van der Waals surface area contributed by atoms with E-state index in [0.717, 1.165) is 45.2 Å². The van der Waals surface area contributed by atoms with Gasteiger partial charge in [0.25, 0.3) is 0 Å². The second kappa shape index (κ2) is 11.4. The quantitative estimate of drug-likeness (QED) is 0.537. The van der Waals surface area contributed by atoms with Crippen LogP contribution in [0, 0.1) is 0 Å². The van der Waals surface area contributed by atoms with Crippen molar-refractivity contribution in [3.05, 3.63) is 35.9 Å². The molecule has 3 rings (SSSR count). The number of carbonyl (C=O) groups is 2. The molecule has 2 saturated heterocycles. The average Bonchev–Trinajstić information content (AvgIpc) is 3.18. The van der Waals surface area contributed by atoms with E-state index in [0.29, 0.717) is 19.1 Å². The number of carbonyl (C=O) groups excluding carboxylic acids is 2. The Labute approximate surface area is 180 Å². The van der Waals surface area contributed by atoms with Crippen molar-refractivity contribution in [1.29, 1.82) is 0 Å². The highest BCUT2D eigenvalue weighted by atomic mass is 16.2. The largest absolute Gasteiger partial charge is 0.353 e. The maximum absolute atomic E-state index is 12.9. The van der Waals surface area contributed by atoms with Gasteiger partial charge in [-0.3, -0.25) is 25.3 Å². The summed E-state index contributed by atoms with van der Waals surface area (Å²) in [4.78, 5) is 29.3. The lowest BCUT2D eigenvalue weighted by Gasteiger charge is -2.35. The summed E-state index contributed by atoms with van der Waals surface area (Å²) >= 11 is 0. The van der Waals surface area contributed by atoms with Crippen molar-refractivity contribution in [3.63, 3.8) is 0 Å². The summed E-state index contributed by atoms with van der Waals surface area (Å²) in [6.45, 7) is 5.13. The predicted molar refractivity (Wildman–Crippen MR) is 119 cm³/mol. The third-order valence-corrected chi connectivity index (χ3v) is 6.18. The number of benzene rings is 1. The molecule has 1 aromatic carbocycles. The van der Waals surface area contributed by atoms with Gasteiger partial charge in [-0.2, -0.15) is 0 Å². The number of rotatable bonds is 10. The minimum Gasteiger partial charge on any atom is -0.353 e. The minimum atomic E-state index is -0.369. The fourth-order valence-corrected chi connectivity index (χ4v) is 4.49. The summed E-state index contributed by atoms with van der Waals surface area (Å²) in [6, 6.07) is 10.8. The first kappa shape index (κ1) is 22.7. The fourth-order valence-electron chi connectivity index (χ4n) is 4.49. The topological polar surface area (TPSA) is 76.7 Å². The zero-order valence-corrected chi connectivity index (χ0v) is 18.4. The molecule has 7 heteroatoms. The predicted octanol–water partition coefficient (Wildman–Crippen LogP) is 1.30. The van der Waals surface area contributed by atoms with Gasteiger partial charge in [0.05, 0.1) is 12.5 Å². The molecule has 30 heavy (non-hydrogen) atoms.